The molecule has 1 aromatic heterocycles. The maximum absolute atomic E-state index is 13.6. The molecule has 0 aliphatic rings. The fourth-order valence-corrected chi connectivity index (χ4v) is 4.46. The van der Waals surface area contributed by atoms with Gasteiger partial charge in [0, 0.05) is 37.5 Å². The van der Waals surface area contributed by atoms with Gasteiger partial charge >= 0.3 is 0 Å². The summed E-state index contributed by atoms with van der Waals surface area (Å²) < 4.78 is 19.4. The molecule has 0 saturated carbocycles. The van der Waals surface area contributed by atoms with Crippen LogP contribution in [-0.2, 0) is 9.09 Å². The Morgan fingerprint density at radius 2 is 1.71 bits per heavy atom. The molecule has 1 heterocycles. The Labute approximate surface area is 143 Å². The largest absolute Gasteiger partial charge is 0.378 e. The lowest BCUT2D eigenvalue weighted by molar-refractivity contribution is 0.202. The molecule has 0 bridgehead atoms. The number of pyridine rings is 1. The number of hydrogen-bond donors (Lipinski definition) is 1. The van der Waals surface area contributed by atoms with E-state index in [-0.39, 0.29) is 5.92 Å². The minimum absolute atomic E-state index is 0.212. The first kappa shape index (κ1) is 18.7. The fraction of sp³-hybridized carbons (Fsp3) is 0.389. The van der Waals surface area contributed by atoms with Crippen molar-refractivity contribution in [2.75, 3.05) is 25.6 Å². The summed E-state index contributed by atoms with van der Waals surface area (Å²) in [6, 6.07) is 10.6. The average molecular weight is 348 g/mol. The summed E-state index contributed by atoms with van der Waals surface area (Å²) in [5.74, 6) is -1.01. The summed E-state index contributed by atoms with van der Waals surface area (Å²) in [6.45, 7) is 4.28. The van der Waals surface area contributed by atoms with Gasteiger partial charge in [-0.25, -0.2) is 0 Å². The summed E-state index contributed by atoms with van der Waals surface area (Å²) >= 11 is 0. The topological polar surface area (TPSA) is 62.7 Å². The van der Waals surface area contributed by atoms with Crippen molar-refractivity contribution in [3.63, 3.8) is 0 Å². The van der Waals surface area contributed by atoms with E-state index in [1.165, 1.54) is 0 Å². The molecule has 5 nitrogen and oxygen atoms in total. The molecule has 0 aliphatic carbocycles. The molecule has 6 heteroatoms. The van der Waals surface area contributed by atoms with Gasteiger partial charge in [-0.05, 0) is 47.9 Å². The van der Waals surface area contributed by atoms with Gasteiger partial charge in [-0.3, -0.25) is 9.55 Å². The molecule has 0 aliphatic heterocycles. The molecule has 0 saturated heterocycles. The van der Waals surface area contributed by atoms with Crippen LogP contribution in [0.4, 0.5) is 5.69 Å². The lowest BCUT2D eigenvalue weighted by Gasteiger charge is -2.25. The Hall–Kier alpha value is -1.68. The van der Waals surface area contributed by atoms with E-state index in [0.29, 0.717) is 17.5 Å². The summed E-state index contributed by atoms with van der Waals surface area (Å²) in [6.07, 6.45) is 3.14. The molecule has 2 atom stereocenters. The van der Waals surface area contributed by atoms with Gasteiger partial charge < -0.3 is 14.5 Å². The molecule has 2 rings (SSSR count). The molecule has 1 aromatic carbocycles. The van der Waals surface area contributed by atoms with Crippen LogP contribution in [-0.4, -0.2) is 30.8 Å². The van der Waals surface area contributed by atoms with Crippen molar-refractivity contribution in [1.29, 1.82) is 0 Å². The van der Waals surface area contributed by atoms with Gasteiger partial charge in [0.1, 0.15) is 0 Å². The van der Waals surface area contributed by atoms with Crippen LogP contribution in [0.25, 0.3) is 0 Å². The maximum Gasteiger partial charge on any atom is 0.264 e. The number of hydrogen-bond acceptors (Lipinski definition) is 5. The zero-order chi connectivity index (χ0) is 17.7. The number of anilines is 1. The van der Waals surface area contributed by atoms with Crippen LogP contribution in [0.1, 0.15) is 25.3 Å². The van der Waals surface area contributed by atoms with Crippen molar-refractivity contribution in [2.45, 2.75) is 19.7 Å². The molecule has 2 aromatic rings. The van der Waals surface area contributed by atoms with Gasteiger partial charge in [-0.1, -0.05) is 13.8 Å². The van der Waals surface area contributed by atoms with E-state index in [1.54, 1.807) is 36.7 Å². The van der Waals surface area contributed by atoms with Crippen LogP contribution >= 0.6 is 7.37 Å². The number of aliphatic hydroxyl groups excluding tert-OH is 1. The lowest BCUT2D eigenvalue weighted by Crippen LogP contribution is -2.17. The number of rotatable bonds is 7. The normalized spacial score (nSPS) is 15.1. The third-order valence-electron chi connectivity index (χ3n) is 3.65. The van der Waals surface area contributed by atoms with Gasteiger partial charge in [0.2, 0.25) is 0 Å². The van der Waals surface area contributed by atoms with Crippen molar-refractivity contribution in [3.8, 4) is 0 Å². The average Bonchev–Trinajstić information content (AvgIpc) is 2.59. The van der Waals surface area contributed by atoms with Crippen molar-refractivity contribution >= 4 is 18.4 Å². The molecule has 0 unspecified atom stereocenters. The third-order valence-corrected chi connectivity index (χ3v) is 6.14. The summed E-state index contributed by atoms with van der Waals surface area (Å²) in [4.78, 5) is 5.90. The molecule has 0 amide bonds. The first-order valence-electron chi connectivity index (χ1n) is 7.95. The first-order valence-corrected chi connectivity index (χ1v) is 9.64. The third kappa shape index (κ3) is 4.23. The number of aromatic nitrogens is 1. The highest BCUT2D eigenvalue weighted by molar-refractivity contribution is 7.67. The second-order valence-corrected chi connectivity index (χ2v) is 8.81. The predicted molar refractivity (Wildman–Crippen MR) is 98.0 cm³/mol. The summed E-state index contributed by atoms with van der Waals surface area (Å²) in [5.41, 5.74) is 1.53. The molecule has 0 spiro atoms. The molecule has 24 heavy (non-hydrogen) atoms. The lowest BCUT2D eigenvalue weighted by atomic mass is 10.2. The van der Waals surface area contributed by atoms with E-state index < -0.39 is 13.2 Å². The highest BCUT2D eigenvalue weighted by atomic mass is 31.2. The smallest absolute Gasteiger partial charge is 0.264 e. The second kappa shape index (κ2) is 7.93. The van der Waals surface area contributed by atoms with Gasteiger partial charge in [0.25, 0.3) is 7.37 Å². The zero-order valence-electron chi connectivity index (χ0n) is 14.6. The number of aliphatic hydroxyl groups is 1. The van der Waals surface area contributed by atoms with Crippen LogP contribution in [0.5, 0.6) is 0 Å². The molecular formula is C18H25N2O3P. The van der Waals surface area contributed by atoms with Gasteiger partial charge in [0.15, 0.2) is 5.85 Å². The van der Waals surface area contributed by atoms with Crippen LogP contribution < -0.4 is 10.2 Å². The molecule has 0 radical (unpaired) electrons. The summed E-state index contributed by atoms with van der Waals surface area (Å²) in [5, 5.41) is 11.3. The quantitative estimate of drug-likeness (QED) is 0.777. The van der Waals surface area contributed by atoms with Crippen LogP contribution in [0.3, 0.4) is 0 Å². The van der Waals surface area contributed by atoms with E-state index >= 15 is 0 Å². The van der Waals surface area contributed by atoms with E-state index in [4.69, 9.17) is 4.52 Å². The highest BCUT2D eigenvalue weighted by Gasteiger charge is 2.36. The molecule has 0 fully saturated rings. The van der Waals surface area contributed by atoms with Gasteiger partial charge in [-0.15, -0.1) is 0 Å². The Kier molecular flexibility index (Phi) is 6.16. The Morgan fingerprint density at radius 1 is 1.12 bits per heavy atom. The van der Waals surface area contributed by atoms with Crippen molar-refractivity contribution in [1.82, 2.24) is 4.98 Å². The standard InChI is InChI=1S/C18H25N2O3P/c1-14(2)13-23-24(22,18(21)15-9-11-19-12-10-15)17-7-5-16(6-8-17)20(3)4/h5-12,14,18,21H,13H2,1-4H3/t18-,24-/m1/s1. The minimum Gasteiger partial charge on any atom is -0.378 e. The second-order valence-electron chi connectivity index (χ2n) is 6.35. The predicted octanol–water partition coefficient (Wildman–Crippen LogP) is 3.41. The van der Waals surface area contributed by atoms with Crippen molar-refractivity contribution in [3.05, 3.63) is 54.4 Å². The Balaban J connectivity index is 2.41. The SMILES string of the molecule is CC(C)CO[P@](=O)(c1ccc(N(C)C)cc1)[C@@H](O)c1ccncc1. The Bertz CT molecular complexity index is 687. The minimum atomic E-state index is -3.48. The number of benzene rings is 1. The van der Waals surface area contributed by atoms with Crippen LogP contribution in [0.2, 0.25) is 0 Å². The van der Waals surface area contributed by atoms with Gasteiger partial charge in [0.05, 0.1) is 6.61 Å². The Morgan fingerprint density at radius 3 is 2.21 bits per heavy atom. The molecular weight excluding hydrogens is 323 g/mol. The van der Waals surface area contributed by atoms with E-state index in [2.05, 4.69) is 4.98 Å². The van der Waals surface area contributed by atoms with Gasteiger partial charge in [-0.2, -0.15) is 0 Å². The fourth-order valence-electron chi connectivity index (χ4n) is 2.24. The summed E-state index contributed by atoms with van der Waals surface area (Å²) in [7, 11) is 0.401. The first-order chi connectivity index (χ1) is 11.3. The van der Waals surface area contributed by atoms with E-state index in [1.807, 2.05) is 45.0 Å². The monoisotopic (exact) mass is 348 g/mol. The highest BCUT2D eigenvalue weighted by Crippen LogP contribution is 2.57. The van der Waals surface area contributed by atoms with Crippen molar-refractivity contribution < 1.29 is 14.2 Å². The van der Waals surface area contributed by atoms with Crippen molar-refractivity contribution in [2.24, 2.45) is 5.92 Å². The van der Waals surface area contributed by atoms with E-state index in [9.17, 15) is 9.67 Å². The van der Waals surface area contributed by atoms with Crippen LogP contribution in [0, 0.1) is 5.92 Å². The maximum atomic E-state index is 13.6. The van der Waals surface area contributed by atoms with E-state index in [0.717, 1.165) is 5.69 Å². The number of nitrogens with zero attached hydrogens (tertiary/aromatic N) is 2. The molecule has 1 N–H and O–H groups in total. The molecule has 130 valence electrons. The zero-order valence-corrected chi connectivity index (χ0v) is 15.5. The van der Waals surface area contributed by atoms with Crippen LogP contribution in [0.15, 0.2) is 48.8 Å².